The number of hydrogen-bond acceptors (Lipinski definition) is 7. The fraction of sp³-hybridized carbons (Fsp3) is 0.158. The topological polar surface area (TPSA) is 94.3 Å². The van der Waals surface area contributed by atoms with Crippen LogP contribution in [-0.2, 0) is 6.42 Å². The molecule has 0 bridgehead atoms. The average molecular weight is 349 g/mol. The summed E-state index contributed by atoms with van der Waals surface area (Å²) in [5.41, 5.74) is 8.76. The van der Waals surface area contributed by atoms with Gasteiger partial charge in [-0.05, 0) is 24.1 Å². The average Bonchev–Trinajstić information content (AvgIpc) is 3.13. The lowest BCUT2D eigenvalue weighted by Crippen LogP contribution is -2.10. The summed E-state index contributed by atoms with van der Waals surface area (Å²) in [6.07, 6.45) is 2.37. The molecule has 0 saturated carbocycles. The van der Waals surface area contributed by atoms with E-state index in [0.717, 1.165) is 24.4 Å². The molecule has 132 valence electrons. The second kappa shape index (κ2) is 7.18. The Bertz CT molecular complexity index is 902. The monoisotopic (exact) mass is 349 g/mol. The number of fused-ring (bicyclic) bond motifs is 1. The normalized spacial score (nSPS) is 12.0. The molecule has 0 unspecified atom stereocenters. The molecule has 0 spiro atoms. The van der Waals surface area contributed by atoms with Crippen molar-refractivity contribution in [1.82, 2.24) is 9.97 Å². The van der Waals surface area contributed by atoms with Gasteiger partial charge in [0.05, 0.1) is 0 Å². The summed E-state index contributed by atoms with van der Waals surface area (Å²) in [4.78, 5) is 8.47. The molecule has 0 amide bonds. The second-order valence-electron chi connectivity index (χ2n) is 5.84. The Kier molecular flexibility index (Phi) is 4.42. The first-order chi connectivity index (χ1) is 12.8. The van der Waals surface area contributed by atoms with Crippen molar-refractivity contribution in [2.24, 2.45) is 0 Å². The summed E-state index contributed by atoms with van der Waals surface area (Å²) < 4.78 is 10.7. The molecular formula is C19H19N5O2. The van der Waals surface area contributed by atoms with Crippen molar-refractivity contribution < 1.29 is 9.47 Å². The van der Waals surface area contributed by atoms with Crippen molar-refractivity contribution in [3.8, 4) is 11.5 Å². The summed E-state index contributed by atoms with van der Waals surface area (Å²) >= 11 is 0. The molecule has 1 aromatic heterocycles. The van der Waals surface area contributed by atoms with Gasteiger partial charge in [-0.15, -0.1) is 0 Å². The fourth-order valence-corrected chi connectivity index (χ4v) is 2.72. The van der Waals surface area contributed by atoms with E-state index in [1.54, 1.807) is 0 Å². The highest BCUT2D eigenvalue weighted by atomic mass is 16.7. The van der Waals surface area contributed by atoms with E-state index in [4.69, 9.17) is 15.2 Å². The largest absolute Gasteiger partial charge is 0.454 e. The molecule has 2 aromatic carbocycles. The molecule has 4 N–H and O–H groups in total. The molecule has 26 heavy (non-hydrogen) atoms. The van der Waals surface area contributed by atoms with E-state index in [1.165, 1.54) is 11.9 Å². The first-order valence-electron chi connectivity index (χ1n) is 8.34. The van der Waals surface area contributed by atoms with Crippen LogP contribution in [0.2, 0.25) is 0 Å². The Morgan fingerprint density at radius 3 is 2.65 bits per heavy atom. The van der Waals surface area contributed by atoms with Gasteiger partial charge in [-0.3, -0.25) is 0 Å². The maximum absolute atomic E-state index is 6.22. The van der Waals surface area contributed by atoms with Crippen molar-refractivity contribution in [2.45, 2.75) is 6.42 Å². The van der Waals surface area contributed by atoms with Gasteiger partial charge in [0.1, 0.15) is 12.0 Å². The molecule has 7 heteroatoms. The number of benzene rings is 2. The smallest absolute Gasteiger partial charge is 0.231 e. The fourth-order valence-electron chi connectivity index (χ4n) is 2.72. The van der Waals surface area contributed by atoms with Gasteiger partial charge in [-0.1, -0.05) is 30.3 Å². The second-order valence-corrected chi connectivity index (χ2v) is 5.84. The van der Waals surface area contributed by atoms with Crippen molar-refractivity contribution in [1.29, 1.82) is 0 Å². The Balaban J connectivity index is 1.43. The Labute approximate surface area is 151 Å². The first-order valence-corrected chi connectivity index (χ1v) is 8.34. The quantitative estimate of drug-likeness (QED) is 0.629. The zero-order chi connectivity index (χ0) is 17.8. The van der Waals surface area contributed by atoms with Crippen molar-refractivity contribution >= 4 is 23.0 Å². The SMILES string of the molecule is Nc1c(NCCc2ccccc2)ncnc1Nc1ccc2c(c1)OCO2. The van der Waals surface area contributed by atoms with E-state index in [-0.39, 0.29) is 6.79 Å². The lowest BCUT2D eigenvalue weighted by atomic mass is 10.1. The highest BCUT2D eigenvalue weighted by Gasteiger charge is 2.14. The molecule has 0 aliphatic carbocycles. The van der Waals surface area contributed by atoms with Crippen LogP contribution in [-0.4, -0.2) is 23.3 Å². The molecule has 0 radical (unpaired) electrons. The van der Waals surface area contributed by atoms with Gasteiger partial charge >= 0.3 is 0 Å². The Morgan fingerprint density at radius 2 is 1.77 bits per heavy atom. The number of hydrogen-bond donors (Lipinski definition) is 3. The van der Waals surface area contributed by atoms with Gasteiger partial charge in [-0.2, -0.15) is 0 Å². The Morgan fingerprint density at radius 1 is 0.962 bits per heavy atom. The van der Waals surface area contributed by atoms with E-state index < -0.39 is 0 Å². The van der Waals surface area contributed by atoms with Crippen LogP contribution in [0.5, 0.6) is 11.5 Å². The molecule has 0 fully saturated rings. The molecule has 7 nitrogen and oxygen atoms in total. The lowest BCUT2D eigenvalue weighted by Gasteiger charge is -2.13. The molecule has 0 saturated heterocycles. The maximum Gasteiger partial charge on any atom is 0.231 e. The van der Waals surface area contributed by atoms with Crippen LogP contribution >= 0.6 is 0 Å². The number of nitrogens with one attached hydrogen (secondary N) is 2. The number of nitrogens with two attached hydrogens (primary N) is 1. The highest BCUT2D eigenvalue weighted by molar-refractivity contribution is 5.78. The van der Waals surface area contributed by atoms with Gasteiger partial charge in [0.2, 0.25) is 6.79 Å². The van der Waals surface area contributed by atoms with Gasteiger partial charge in [0.25, 0.3) is 0 Å². The Hall–Kier alpha value is -3.48. The number of nitrogens with zero attached hydrogens (tertiary/aromatic N) is 2. The van der Waals surface area contributed by atoms with Gasteiger partial charge in [-0.25, -0.2) is 9.97 Å². The van der Waals surface area contributed by atoms with Crippen LogP contribution in [0.25, 0.3) is 0 Å². The van der Waals surface area contributed by atoms with Crippen LogP contribution < -0.4 is 25.8 Å². The van der Waals surface area contributed by atoms with Gasteiger partial charge < -0.3 is 25.8 Å². The van der Waals surface area contributed by atoms with E-state index in [1.807, 2.05) is 36.4 Å². The van der Waals surface area contributed by atoms with Crippen LogP contribution in [0.15, 0.2) is 54.9 Å². The van der Waals surface area contributed by atoms with Crippen molar-refractivity contribution in [3.05, 3.63) is 60.4 Å². The number of ether oxygens (including phenoxy) is 2. The molecule has 2 heterocycles. The van der Waals surface area contributed by atoms with Crippen molar-refractivity contribution in [3.63, 3.8) is 0 Å². The lowest BCUT2D eigenvalue weighted by molar-refractivity contribution is 0.174. The summed E-state index contributed by atoms with van der Waals surface area (Å²) in [7, 11) is 0. The highest BCUT2D eigenvalue weighted by Crippen LogP contribution is 2.35. The summed E-state index contributed by atoms with van der Waals surface area (Å²) in [5, 5.41) is 6.47. The summed E-state index contributed by atoms with van der Waals surface area (Å²) in [5.74, 6) is 2.58. The third kappa shape index (κ3) is 3.46. The van der Waals surface area contributed by atoms with E-state index >= 15 is 0 Å². The molecule has 4 rings (SSSR count). The first kappa shape index (κ1) is 16.0. The zero-order valence-corrected chi connectivity index (χ0v) is 14.1. The van der Waals surface area contributed by atoms with Crippen molar-refractivity contribution in [2.75, 3.05) is 29.7 Å². The number of rotatable bonds is 6. The van der Waals surface area contributed by atoms with Crippen LogP contribution in [0.1, 0.15) is 5.56 Å². The number of nitrogen functional groups attached to an aromatic ring is 1. The number of anilines is 4. The standard InChI is InChI=1S/C19H19N5O2/c20-17-18(21-9-8-13-4-2-1-3-5-13)22-11-23-19(17)24-14-6-7-15-16(10-14)26-12-25-15/h1-7,10-11H,8-9,12,20H2,(H2,21,22,23,24). The third-order valence-corrected chi connectivity index (χ3v) is 4.07. The predicted octanol–water partition coefficient (Wildman–Crippen LogP) is 3.19. The minimum atomic E-state index is 0.240. The van der Waals surface area contributed by atoms with Crippen LogP contribution in [0.3, 0.4) is 0 Å². The molecule has 1 aliphatic rings. The van der Waals surface area contributed by atoms with E-state index in [0.29, 0.717) is 23.1 Å². The minimum Gasteiger partial charge on any atom is -0.454 e. The zero-order valence-electron chi connectivity index (χ0n) is 14.1. The third-order valence-electron chi connectivity index (χ3n) is 4.07. The van der Waals surface area contributed by atoms with Gasteiger partial charge in [0, 0.05) is 18.3 Å². The van der Waals surface area contributed by atoms with Crippen LogP contribution in [0.4, 0.5) is 23.0 Å². The van der Waals surface area contributed by atoms with E-state index in [2.05, 4.69) is 32.7 Å². The van der Waals surface area contributed by atoms with Gasteiger partial charge in [0.15, 0.2) is 23.1 Å². The number of aromatic nitrogens is 2. The molecule has 1 aliphatic heterocycles. The van der Waals surface area contributed by atoms with Crippen LogP contribution in [0, 0.1) is 0 Å². The molecule has 3 aromatic rings. The minimum absolute atomic E-state index is 0.240. The predicted molar refractivity (Wildman–Crippen MR) is 101 cm³/mol. The maximum atomic E-state index is 6.22. The summed E-state index contributed by atoms with van der Waals surface area (Å²) in [6, 6.07) is 15.8. The molecular weight excluding hydrogens is 330 g/mol. The van der Waals surface area contributed by atoms with E-state index in [9.17, 15) is 0 Å². The molecule has 0 atom stereocenters. The summed E-state index contributed by atoms with van der Waals surface area (Å²) in [6.45, 7) is 0.971.